The van der Waals surface area contributed by atoms with E-state index in [2.05, 4.69) is 16.7 Å². The monoisotopic (exact) mass is 414 g/mol. The van der Waals surface area contributed by atoms with Gasteiger partial charge in [-0.2, -0.15) is 0 Å². The zero-order valence-electron chi connectivity index (χ0n) is 16.9. The largest absolute Gasteiger partial charge is 0.481 e. The van der Waals surface area contributed by atoms with Gasteiger partial charge in [0.05, 0.1) is 16.4 Å². The molecule has 156 valence electrons. The maximum Gasteiger partial charge on any atom is 0.341 e. The highest BCUT2D eigenvalue weighted by molar-refractivity contribution is 6.20. The molecular weight excluding hydrogens is 392 g/mol. The van der Waals surface area contributed by atoms with E-state index in [1.165, 1.54) is 11.1 Å². The number of aryl methyl sites for hydroxylation is 2. The van der Waals surface area contributed by atoms with Crippen LogP contribution >= 0.6 is 0 Å². The maximum atomic E-state index is 12.3. The maximum absolute atomic E-state index is 12.3. The van der Waals surface area contributed by atoms with E-state index >= 15 is 0 Å². The summed E-state index contributed by atoms with van der Waals surface area (Å²) in [6.07, 6.45) is 2.88. The second kappa shape index (κ2) is 7.47. The van der Waals surface area contributed by atoms with Gasteiger partial charge >= 0.3 is 5.97 Å². The van der Waals surface area contributed by atoms with Crippen molar-refractivity contribution in [3.63, 3.8) is 0 Å². The first-order chi connectivity index (χ1) is 15.0. The highest BCUT2D eigenvalue weighted by Gasteiger charge is 2.26. The molecule has 1 aromatic heterocycles. The number of hydrogen-bond acceptors (Lipinski definition) is 3. The lowest BCUT2D eigenvalue weighted by atomic mass is 10.0. The molecule has 0 saturated carbocycles. The Balaban J connectivity index is 1.89. The average Bonchev–Trinajstić information content (AvgIpc) is 3.35. The summed E-state index contributed by atoms with van der Waals surface area (Å²) in [4.78, 5) is 23.5. The SMILES string of the molecule is NC(=O)c1cccc2c1c1c(OCC(=O)O)cc3c(c1n2Cc1ccccc1)CCC3. The number of rotatable bonds is 6. The lowest BCUT2D eigenvalue weighted by Gasteiger charge is -2.13. The van der Waals surface area contributed by atoms with Crippen LogP contribution in [-0.4, -0.2) is 28.2 Å². The fourth-order valence-corrected chi connectivity index (χ4v) is 4.77. The first-order valence-electron chi connectivity index (χ1n) is 10.3. The third-order valence-corrected chi connectivity index (χ3v) is 5.99. The molecule has 1 aliphatic carbocycles. The molecule has 4 aromatic rings. The van der Waals surface area contributed by atoms with Crippen molar-refractivity contribution in [2.45, 2.75) is 25.8 Å². The summed E-state index contributed by atoms with van der Waals surface area (Å²) >= 11 is 0. The second-order valence-corrected chi connectivity index (χ2v) is 7.91. The van der Waals surface area contributed by atoms with Gasteiger partial charge in [-0.05, 0) is 54.2 Å². The number of carboxylic acids is 1. The fourth-order valence-electron chi connectivity index (χ4n) is 4.77. The van der Waals surface area contributed by atoms with Gasteiger partial charge in [0.15, 0.2) is 6.61 Å². The zero-order valence-corrected chi connectivity index (χ0v) is 16.9. The number of ether oxygens (including phenoxy) is 1. The Kier molecular flexibility index (Phi) is 4.62. The topological polar surface area (TPSA) is 94.6 Å². The van der Waals surface area contributed by atoms with Crippen LogP contribution in [0.15, 0.2) is 54.6 Å². The number of benzene rings is 3. The Morgan fingerprint density at radius 1 is 1.03 bits per heavy atom. The lowest BCUT2D eigenvalue weighted by Crippen LogP contribution is -2.12. The Bertz CT molecular complexity index is 1340. The minimum absolute atomic E-state index is 0.410. The van der Waals surface area contributed by atoms with E-state index in [0.29, 0.717) is 17.9 Å². The van der Waals surface area contributed by atoms with E-state index < -0.39 is 18.5 Å². The fraction of sp³-hybridized carbons (Fsp3) is 0.200. The van der Waals surface area contributed by atoms with Crippen molar-refractivity contribution in [2.24, 2.45) is 5.73 Å². The summed E-state index contributed by atoms with van der Waals surface area (Å²) < 4.78 is 7.96. The van der Waals surface area contributed by atoms with Gasteiger partial charge < -0.3 is 20.1 Å². The summed E-state index contributed by atoms with van der Waals surface area (Å²) in [5, 5.41) is 10.7. The number of fused-ring (bicyclic) bond motifs is 5. The van der Waals surface area contributed by atoms with Gasteiger partial charge in [-0.15, -0.1) is 0 Å². The molecule has 31 heavy (non-hydrogen) atoms. The zero-order chi connectivity index (χ0) is 21.5. The Morgan fingerprint density at radius 2 is 1.84 bits per heavy atom. The van der Waals surface area contributed by atoms with E-state index in [1.807, 2.05) is 36.4 Å². The first-order valence-corrected chi connectivity index (χ1v) is 10.3. The van der Waals surface area contributed by atoms with E-state index in [0.717, 1.165) is 46.6 Å². The van der Waals surface area contributed by atoms with E-state index in [4.69, 9.17) is 10.5 Å². The highest BCUT2D eigenvalue weighted by atomic mass is 16.5. The smallest absolute Gasteiger partial charge is 0.341 e. The molecule has 3 aromatic carbocycles. The number of hydrogen-bond donors (Lipinski definition) is 2. The van der Waals surface area contributed by atoms with Gasteiger partial charge in [0.1, 0.15) is 5.75 Å². The predicted molar refractivity (Wildman–Crippen MR) is 119 cm³/mol. The molecule has 0 atom stereocenters. The van der Waals surface area contributed by atoms with Gasteiger partial charge in [-0.3, -0.25) is 4.79 Å². The standard InChI is InChI=1S/C25H22N2O4/c26-25(30)18-10-5-11-19-22(18)23-20(31-14-21(28)29)12-16-8-4-9-17(16)24(23)27(19)13-15-6-2-1-3-7-15/h1-3,5-7,10-12H,4,8-9,13-14H2,(H2,26,30)(H,28,29). The summed E-state index contributed by atoms with van der Waals surface area (Å²) in [6, 6.07) is 17.6. The van der Waals surface area contributed by atoms with Crippen molar-refractivity contribution in [2.75, 3.05) is 6.61 Å². The molecule has 6 heteroatoms. The van der Waals surface area contributed by atoms with Crippen LogP contribution in [0.3, 0.4) is 0 Å². The molecule has 0 radical (unpaired) electrons. The average molecular weight is 414 g/mol. The first kappa shape index (κ1) is 19.2. The summed E-state index contributed by atoms with van der Waals surface area (Å²) in [6.45, 7) is 0.176. The number of carboxylic acid groups (broad SMARTS) is 1. The normalized spacial score (nSPS) is 12.9. The molecule has 5 rings (SSSR count). The molecule has 3 N–H and O–H groups in total. The summed E-state index contributed by atoms with van der Waals surface area (Å²) in [5.74, 6) is -1.07. The van der Waals surface area contributed by atoms with Gasteiger partial charge in [0.25, 0.3) is 0 Å². The number of primary amides is 1. The highest BCUT2D eigenvalue weighted by Crippen LogP contribution is 2.43. The number of amides is 1. The van der Waals surface area contributed by atoms with Crippen molar-refractivity contribution >= 4 is 33.7 Å². The Labute approximate surface area is 178 Å². The Morgan fingerprint density at radius 3 is 2.58 bits per heavy atom. The third-order valence-electron chi connectivity index (χ3n) is 5.99. The molecule has 0 bridgehead atoms. The van der Waals surface area contributed by atoms with E-state index in [9.17, 15) is 14.7 Å². The van der Waals surface area contributed by atoms with Crippen molar-refractivity contribution in [3.8, 4) is 5.75 Å². The van der Waals surface area contributed by atoms with Crippen LogP contribution in [0.2, 0.25) is 0 Å². The van der Waals surface area contributed by atoms with Crippen molar-refractivity contribution in [1.82, 2.24) is 4.57 Å². The van der Waals surface area contributed by atoms with Crippen LogP contribution in [0.25, 0.3) is 21.8 Å². The van der Waals surface area contributed by atoms with Crippen LogP contribution < -0.4 is 10.5 Å². The number of nitrogens with two attached hydrogens (primary N) is 1. The quantitative estimate of drug-likeness (QED) is 0.500. The van der Waals surface area contributed by atoms with Crippen LogP contribution in [0.5, 0.6) is 5.75 Å². The molecule has 0 spiro atoms. The lowest BCUT2D eigenvalue weighted by molar-refractivity contribution is -0.139. The van der Waals surface area contributed by atoms with Gasteiger partial charge in [0.2, 0.25) is 5.91 Å². The molecule has 6 nitrogen and oxygen atoms in total. The molecule has 0 aliphatic heterocycles. The number of nitrogens with zero attached hydrogens (tertiary/aromatic N) is 1. The third kappa shape index (κ3) is 3.20. The Hall–Kier alpha value is -3.80. The number of aromatic nitrogens is 1. The molecule has 1 amide bonds. The molecular formula is C25H22N2O4. The van der Waals surface area contributed by atoms with E-state index in [-0.39, 0.29) is 0 Å². The molecule has 1 aliphatic rings. The summed E-state index contributed by atoms with van der Waals surface area (Å²) in [5.41, 5.74) is 11.6. The predicted octanol–water partition coefficient (Wildman–Crippen LogP) is 3.89. The van der Waals surface area contributed by atoms with Crippen LogP contribution in [0.4, 0.5) is 0 Å². The van der Waals surface area contributed by atoms with Crippen LogP contribution in [0.1, 0.15) is 33.5 Å². The van der Waals surface area contributed by atoms with Crippen molar-refractivity contribution in [1.29, 1.82) is 0 Å². The number of carbonyl (C=O) groups excluding carboxylic acids is 1. The van der Waals surface area contributed by atoms with Gasteiger partial charge in [-0.25, -0.2) is 4.79 Å². The van der Waals surface area contributed by atoms with Crippen molar-refractivity contribution in [3.05, 3.63) is 76.9 Å². The molecule has 0 fully saturated rings. The van der Waals surface area contributed by atoms with Gasteiger partial charge in [0, 0.05) is 17.5 Å². The van der Waals surface area contributed by atoms with E-state index in [1.54, 1.807) is 6.07 Å². The molecule has 1 heterocycles. The second-order valence-electron chi connectivity index (χ2n) is 7.91. The van der Waals surface area contributed by atoms with Crippen LogP contribution in [-0.2, 0) is 24.2 Å². The minimum atomic E-state index is -1.04. The minimum Gasteiger partial charge on any atom is -0.481 e. The number of carbonyl (C=O) groups is 2. The molecule has 0 saturated heterocycles. The summed E-state index contributed by atoms with van der Waals surface area (Å²) in [7, 11) is 0. The van der Waals surface area contributed by atoms with Crippen molar-refractivity contribution < 1.29 is 19.4 Å². The van der Waals surface area contributed by atoms with Crippen LogP contribution in [0, 0.1) is 0 Å². The number of aliphatic carboxylic acids is 1. The van der Waals surface area contributed by atoms with Gasteiger partial charge in [-0.1, -0.05) is 36.4 Å². The molecule has 0 unspecified atom stereocenters.